The Labute approximate surface area is 326 Å². The van der Waals surface area contributed by atoms with E-state index in [4.69, 9.17) is 18.9 Å². The highest BCUT2D eigenvalue weighted by Crippen LogP contribution is 2.42. The molecular formula is C41H45F3N4O9. The van der Waals surface area contributed by atoms with Crippen molar-refractivity contribution < 1.29 is 46.8 Å². The highest BCUT2D eigenvalue weighted by molar-refractivity contribution is 5.91. The third-order valence-corrected chi connectivity index (χ3v) is 9.51. The normalized spacial score (nSPS) is 17.1. The Bertz CT molecular complexity index is 2040. The molecule has 1 aliphatic heterocycles. The largest absolute Gasteiger partial charge is 0.497 e. The summed E-state index contributed by atoms with van der Waals surface area (Å²) in [6.07, 6.45) is -2.16. The number of nitrogens with zero attached hydrogens (tertiary/aromatic N) is 1. The van der Waals surface area contributed by atoms with Crippen molar-refractivity contribution in [3.8, 4) is 11.5 Å². The van der Waals surface area contributed by atoms with Crippen LogP contribution in [0.15, 0.2) is 101 Å². The lowest BCUT2D eigenvalue weighted by molar-refractivity contribution is -0.173. The minimum atomic E-state index is -4.92. The molecule has 4 aromatic rings. The maximum atomic E-state index is 13.0. The summed E-state index contributed by atoms with van der Waals surface area (Å²) in [5.41, 5.74) is -0.350. The molecule has 3 aromatic carbocycles. The van der Waals surface area contributed by atoms with Gasteiger partial charge in [-0.05, 0) is 59.9 Å². The van der Waals surface area contributed by atoms with Crippen LogP contribution >= 0.6 is 0 Å². The van der Waals surface area contributed by atoms with E-state index in [1.54, 1.807) is 14.2 Å². The number of hydrogen-bond acceptors (Lipinski definition) is 9. The van der Waals surface area contributed by atoms with Crippen molar-refractivity contribution in [3.05, 3.63) is 134 Å². The van der Waals surface area contributed by atoms with Crippen LogP contribution in [-0.4, -0.2) is 78.8 Å². The van der Waals surface area contributed by atoms with Crippen LogP contribution in [0.3, 0.4) is 0 Å². The average molecular weight is 795 g/mol. The second-order valence-electron chi connectivity index (χ2n) is 13.3. The minimum absolute atomic E-state index is 0.00171. The van der Waals surface area contributed by atoms with Crippen LogP contribution in [0.2, 0.25) is 0 Å². The van der Waals surface area contributed by atoms with E-state index in [1.165, 1.54) is 12.3 Å². The predicted octanol–water partition coefficient (Wildman–Crippen LogP) is 4.58. The van der Waals surface area contributed by atoms with Gasteiger partial charge in [-0.15, -0.1) is 0 Å². The number of alkyl halides is 3. The van der Waals surface area contributed by atoms with Gasteiger partial charge in [-0.3, -0.25) is 23.9 Å². The number of halogens is 3. The fraction of sp³-hybridized carbons (Fsp3) is 0.366. The van der Waals surface area contributed by atoms with E-state index < -0.39 is 53.3 Å². The van der Waals surface area contributed by atoms with Gasteiger partial charge in [0, 0.05) is 31.8 Å². The number of aromatic amines is 1. The number of ether oxygens (including phenoxy) is 4. The molecular weight excluding hydrogens is 749 g/mol. The first-order valence-electron chi connectivity index (χ1n) is 18.3. The van der Waals surface area contributed by atoms with Crippen molar-refractivity contribution in [3.63, 3.8) is 0 Å². The molecule has 0 radical (unpaired) electrons. The van der Waals surface area contributed by atoms with Crippen LogP contribution in [0, 0.1) is 0 Å². The molecule has 1 saturated heterocycles. The third kappa shape index (κ3) is 10.8. The van der Waals surface area contributed by atoms with Crippen LogP contribution in [0.5, 0.6) is 11.5 Å². The zero-order valence-electron chi connectivity index (χ0n) is 31.4. The van der Waals surface area contributed by atoms with Crippen LogP contribution in [0.4, 0.5) is 13.2 Å². The van der Waals surface area contributed by atoms with Gasteiger partial charge >= 0.3 is 17.8 Å². The summed E-state index contributed by atoms with van der Waals surface area (Å²) in [6.45, 7) is 0.0610. The van der Waals surface area contributed by atoms with E-state index in [0.717, 1.165) is 27.3 Å². The SMILES string of the molecule is COc1ccc(C(OCC2OC(n3cc(C=CC(=O)NCCCCCCNC(=O)C(F)(F)F)c(=O)[nH]c3=O)CC2O)(c2ccccc2)c2ccc(OC)cc2)cc1. The smallest absolute Gasteiger partial charge is 0.471 e. The zero-order chi connectivity index (χ0) is 41.0. The van der Waals surface area contributed by atoms with Gasteiger partial charge in [0.1, 0.15) is 29.4 Å². The van der Waals surface area contributed by atoms with Crippen molar-refractivity contribution in [2.75, 3.05) is 33.9 Å². The second-order valence-corrected chi connectivity index (χ2v) is 13.3. The Kier molecular flexibility index (Phi) is 14.5. The molecule has 16 heteroatoms. The molecule has 1 aromatic heterocycles. The molecule has 1 fully saturated rings. The van der Waals surface area contributed by atoms with Crippen molar-refractivity contribution in [2.45, 2.75) is 62.3 Å². The quantitative estimate of drug-likeness (QED) is 0.0640. The Balaban J connectivity index is 1.25. The molecule has 4 N–H and O–H groups in total. The molecule has 3 unspecified atom stereocenters. The Hall–Kier alpha value is -5.71. The van der Waals surface area contributed by atoms with E-state index in [-0.39, 0.29) is 31.7 Å². The van der Waals surface area contributed by atoms with Gasteiger partial charge in [0.2, 0.25) is 5.91 Å². The number of hydrogen-bond donors (Lipinski definition) is 4. The number of amides is 2. The molecule has 0 bridgehead atoms. The van der Waals surface area contributed by atoms with E-state index in [9.17, 15) is 37.5 Å². The highest BCUT2D eigenvalue weighted by Gasteiger charge is 2.42. The number of aliphatic hydroxyl groups excluding tert-OH is 1. The molecule has 0 spiro atoms. The van der Waals surface area contributed by atoms with Gasteiger partial charge in [-0.1, -0.05) is 67.4 Å². The highest BCUT2D eigenvalue weighted by atomic mass is 19.4. The van der Waals surface area contributed by atoms with Gasteiger partial charge in [-0.2, -0.15) is 13.2 Å². The maximum absolute atomic E-state index is 13.0. The van der Waals surface area contributed by atoms with Gasteiger partial charge in [0.05, 0.1) is 32.5 Å². The van der Waals surface area contributed by atoms with E-state index >= 15 is 0 Å². The molecule has 3 atom stereocenters. The molecule has 0 aliphatic carbocycles. The van der Waals surface area contributed by atoms with Crippen molar-refractivity contribution in [1.82, 2.24) is 20.2 Å². The fourth-order valence-electron chi connectivity index (χ4n) is 6.49. The van der Waals surface area contributed by atoms with Crippen LogP contribution in [0.25, 0.3) is 6.08 Å². The Morgan fingerprint density at radius 2 is 1.42 bits per heavy atom. The summed E-state index contributed by atoms with van der Waals surface area (Å²) in [7, 11) is 3.16. The van der Waals surface area contributed by atoms with Crippen molar-refractivity contribution >= 4 is 17.9 Å². The van der Waals surface area contributed by atoms with Crippen LogP contribution in [-0.2, 0) is 24.7 Å². The average Bonchev–Trinajstić information content (AvgIpc) is 3.58. The third-order valence-electron chi connectivity index (χ3n) is 9.51. The first-order chi connectivity index (χ1) is 27.3. The summed E-state index contributed by atoms with van der Waals surface area (Å²) >= 11 is 0. The summed E-state index contributed by atoms with van der Waals surface area (Å²) < 4.78 is 61.8. The van der Waals surface area contributed by atoms with Gasteiger partial charge in [0.15, 0.2) is 0 Å². The summed E-state index contributed by atoms with van der Waals surface area (Å²) in [6, 6.07) is 24.5. The summed E-state index contributed by atoms with van der Waals surface area (Å²) in [5, 5.41) is 15.7. The Morgan fingerprint density at radius 3 is 1.98 bits per heavy atom. The maximum Gasteiger partial charge on any atom is 0.471 e. The molecule has 13 nitrogen and oxygen atoms in total. The monoisotopic (exact) mass is 794 g/mol. The lowest BCUT2D eigenvalue weighted by atomic mass is 9.80. The summed E-state index contributed by atoms with van der Waals surface area (Å²) in [4.78, 5) is 51.1. The van der Waals surface area contributed by atoms with Crippen LogP contribution < -0.4 is 31.4 Å². The second kappa shape index (κ2) is 19.4. The van der Waals surface area contributed by atoms with Crippen LogP contribution in [0.1, 0.15) is 60.6 Å². The first kappa shape index (κ1) is 42.4. The molecule has 1 aliphatic rings. The number of methoxy groups -OCH3 is 2. The molecule has 5 rings (SSSR count). The number of H-pyrrole nitrogens is 1. The minimum Gasteiger partial charge on any atom is -0.497 e. The number of nitrogens with one attached hydrogen (secondary N) is 3. The molecule has 304 valence electrons. The zero-order valence-corrected chi connectivity index (χ0v) is 31.4. The van der Waals surface area contributed by atoms with Gasteiger partial charge < -0.3 is 34.7 Å². The fourth-order valence-corrected chi connectivity index (χ4v) is 6.49. The van der Waals surface area contributed by atoms with E-state index in [1.807, 2.05) is 84.2 Å². The number of carbonyl (C=O) groups is 2. The lowest BCUT2D eigenvalue weighted by Gasteiger charge is -2.37. The predicted molar refractivity (Wildman–Crippen MR) is 204 cm³/mol. The number of benzene rings is 3. The number of aliphatic hydroxyl groups is 1. The summed E-state index contributed by atoms with van der Waals surface area (Å²) in [5.74, 6) is -1.18. The van der Waals surface area contributed by atoms with E-state index in [2.05, 4.69) is 10.3 Å². The molecule has 2 heterocycles. The first-order valence-corrected chi connectivity index (χ1v) is 18.3. The topological polar surface area (TPSA) is 170 Å². The van der Waals surface area contributed by atoms with Gasteiger partial charge in [0.25, 0.3) is 5.56 Å². The number of rotatable bonds is 18. The van der Waals surface area contributed by atoms with E-state index in [0.29, 0.717) is 37.2 Å². The van der Waals surface area contributed by atoms with Gasteiger partial charge in [-0.25, -0.2) is 4.79 Å². The molecule has 0 saturated carbocycles. The molecule has 2 amide bonds. The standard InChI is InChI=1S/C41H45F3N4O9/c1-54-31-17-13-29(14-18-31)40(28-10-6-5-7-11-28,30-15-19-32(55-2)20-16-30)56-26-34-33(49)24-36(57-34)48-25-27(37(51)47-39(48)53)12-21-35(50)45-22-8-3-4-9-23-46-38(52)41(42,43)44/h5-7,10-21,25,33-34,36,49H,3-4,8-9,22-24,26H2,1-2H3,(H,45,50)(H,46,52)(H,47,51,53). The number of aromatic nitrogens is 2. The molecule has 57 heavy (non-hydrogen) atoms. The van der Waals surface area contributed by atoms with Crippen molar-refractivity contribution in [1.29, 1.82) is 0 Å². The Morgan fingerprint density at radius 1 is 0.860 bits per heavy atom. The number of unbranched alkanes of at least 4 members (excludes halogenated alkanes) is 3. The lowest BCUT2D eigenvalue weighted by Crippen LogP contribution is -2.38. The van der Waals surface area contributed by atoms with Crippen molar-refractivity contribution in [2.24, 2.45) is 0 Å². The number of carbonyl (C=O) groups excluding carboxylic acids is 2.